The molecule has 8 heteroatoms. The Balaban J connectivity index is 1.91. The first kappa shape index (κ1) is 23.4. The van der Waals surface area contributed by atoms with Gasteiger partial charge in [-0.05, 0) is 26.7 Å². The highest BCUT2D eigenvalue weighted by Gasteiger charge is 2.72. The Morgan fingerprint density at radius 1 is 1.12 bits per heavy atom. The van der Waals surface area contributed by atoms with Crippen LogP contribution in [0.1, 0.15) is 34.6 Å². The normalized spacial score (nSPS) is 35.8. The maximum absolute atomic E-state index is 14.1. The van der Waals surface area contributed by atoms with Crippen molar-refractivity contribution in [3.8, 4) is 0 Å². The Kier molecular flexibility index (Phi) is 5.77. The lowest BCUT2D eigenvalue weighted by molar-refractivity contribution is -0.149. The summed E-state index contributed by atoms with van der Waals surface area (Å²) >= 11 is 1.58. The second-order valence-electron chi connectivity index (χ2n) is 10.8. The molecule has 2 fully saturated rings. The van der Waals surface area contributed by atoms with Crippen LogP contribution in [-0.4, -0.2) is 91.9 Å². The summed E-state index contributed by atoms with van der Waals surface area (Å²) < 4.78 is -0.829. The van der Waals surface area contributed by atoms with Crippen molar-refractivity contribution < 1.29 is 19.5 Å². The minimum Gasteiger partial charge on any atom is -0.394 e. The molecule has 0 aromatic heterocycles. The monoisotopic (exact) mass is 461 g/mol. The predicted molar refractivity (Wildman–Crippen MR) is 125 cm³/mol. The van der Waals surface area contributed by atoms with Crippen molar-refractivity contribution >= 4 is 29.5 Å². The molecule has 3 amide bonds. The average molecular weight is 462 g/mol. The molecular weight excluding hydrogens is 426 g/mol. The minimum absolute atomic E-state index is 0.0313. The van der Waals surface area contributed by atoms with E-state index in [2.05, 4.69) is 0 Å². The average Bonchev–Trinajstić information content (AvgIpc) is 3.01. The molecule has 0 bridgehead atoms. The summed E-state index contributed by atoms with van der Waals surface area (Å²) in [4.78, 5) is 46.7. The second kappa shape index (κ2) is 7.90. The van der Waals surface area contributed by atoms with Gasteiger partial charge in [0.25, 0.3) is 0 Å². The molecule has 1 N–H and O–H groups in total. The molecule has 0 radical (unpaired) electrons. The molecule has 0 aromatic rings. The Morgan fingerprint density at radius 2 is 1.81 bits per heavy atom. The van der Waals surface area contributed by atoms with E-state index in [4.69, 9.17) is 0 Å². The zero-order valence-corrected chi connectivity index (χ0v) is 20.6. The van der Waals surface area contributed by atoms with Crippen molar-refractivity contribution in [3.63, 3.8) is 0 Å². The molecule has 4 aliphatic heterocycles. The van der Waals surface area contributed by atoms with E-state index in [0.29, 0.717) is 13.1 Å². The van der Waals surface area contributed by atoms with E-state index >= 15 is 0 Å². The van der Waals surface area contributed by atoms with Crippen LogP contribution in [0.2, 0.25) is 0 Å². The molecule has 4 heterocycles. The fraction of sp³-hybridized carbons (Fsp3) is 0.708. The standard InChI is InChI=1S/C24H35N3O4S/c1-14(2)15(13-28)27-19-22(31)26(23(3,4)5)12-8-10-24(19)18(21(27)30)17-16(32-24)9-7-11-25(6)20(17)29/h7-10,14-19,28H,11-13H2,1-6H3/t15-,16-,17+,18-,19?,24-/m0/s1. The van der Waals surface area contributed by atoms with Gasteiger partial charge in [-0.3, -0.25) is 14.4 Å². The lowest BCUT2D eigenvalue weighted by Crippen LogP contribution is -2.60. The van der Waals surface area contributed by atoms with E-state index in [1.165, 1.54) is 0 Å². The summed E-state index contributed by atoms with van der Waals surface area (Å²) in [6.07, 6.45) is 8.04. The Morgan fingerprint density at radius 3 is 2.41 bits per heavy atom. The van der Waals surface area contributed by atoms with Crippen molar-refractivity contribution in [3.05, 3.63) is 24.3 Å². The van der Waals surface area contributed by atoms with E-state index in [1.54, 1.807) is 28.6 Å². The highest BCUT2D eigenvalue weighted by molar-refractivity contribution is 8.02. The molecule has 1 spiro atoms. The number of carbonyl (C=O) groups excluding carboxylic acids is 3. The van der Waals surface area contributed by atoms with Crippen LogP contribution in [0.25, 0.3) is 0 Å². The molecule has 4 aliphatic rings. The van der Waals surface area contributed by atoms with E-state index in [1.807, 2.05) is 63.8 Å². The number of fused-ring (bicyclic) bond motifs is 2. The molecule has 6 atom stereocenters. The molecular formula is C24H35N3O4S. The number of hydrogen-bond donors (Lipinski definition) is 1. The first-order chi connectivity index (χ1) is 15.0. The van der Waals surface area contributed by atoms with Gasteiger partial charge in [-0.2, -0.15) is 0 Å². The first-order valence-corrected chi connectivity index (χ1v) is 12.4. The fourth-order valence-electron chi connectivity index (χ4n) is 5.78. The van der Waals surface area contributed by atoms with Gasteiger partial charge in [0.2, 0.25) is 17.7 Å². The van der Waals surface area contributed by atoms with Gasteiger partial charge in [0.1, 0.15) is 6.04 Å². The molecule has 1 unspecified atom stereocenters. The van der Waals surface area contributed by atoms with Gasteiger partial charge in [0.05, 0.1) is 29.2 Å². The van der Waals surface area contributed by atoms with Gasteiger partial charge in [-0.15, -0.1) is 11.8 Å². The van der Waals surface area contributed by atoms with E-state index < -0.39 is 34.2 Å². The third-order valence-electron chi connectivity index (χ3n) is 7.42. The summed E-state index contributed by atoms with van der Waals surface area (Å²) in [5.74, 6) is -1.52. The molecule has 0 aromatic carbocycles. The SMILES string of the molecule is CC(C)[C@H](CO)N1C(=O)[C@@H]2[C@@H]3C(=O)N(C)CC=C[C@@H]3S[C@@]23C=CCN(C(C)(C)C)C(=O)C13. The summed E-state index contributed by atoms with van der Waals surface area (Å²) in [5, 5.41) is 10.1. The number of thioether (sulfide) groups is 1. The van der Waals surface area contributed by atoms with Crippen LogP contribution in [0, 0.1) is 17.8 Å². The molecule has 0 saturated carbocycles. The Bertz CT molecular complexity index is 879. The predicted octanol–water partition coefficient (Wildman–Crippen LogP) is 1.53. The van der Waals surface area contributed by atoms with Gasteiger partial charge in [0, 0.05) is 30.9 Å². The minimum atomic E-state index is -0.829. The van der Waals surface area contributed by atoms with E-state index in [0.717, 1.165) is 0 Å². The van der Waals surface area contributed by atoms with Gasteiger partial charge in [-0.1, -0.05) is 38.2 Å². The third kappa shape index (κ3) is 3.24. The lowest BCUT2D eigenvalue weighted by Gasteiger charge is -2.43. The fourth-order valence-corrected chi connectivity index (χ4v) is 7.78. The molecule has 4 rings (SSSR count). The molecule has 0 aliphatic carbocycles. The topological polar surface area (TPSA) is 81.2 Å². The summed E-state index contributed by atoms with van der Waals surface area (Å²) in [6, 6.07) is -1.23. The van der Waals surface area contributed by atoms with Crippen molar-refractivity contribution in [2.24, 2.45) is 17.8 Å². The van der Waals surface area contributed by atoms with Crippen LogP contribution in [0.3, 0.4) is 0 Å². The molecule has 32 heavy (non-hydrogen) atoms. The van der Waals surface area contributed by atoms with Crippen molar-refractivity contribution in [2.75, 3.05) is 26.7 Å². The summed E-state index contributed by atoms with van der Waals surface area (Å²) in [5.41, 5.74) is -0.421. The molecule has 176 valence electrons. The van der Waals surface area contributed by atoms with Gasteiger partial charge in [0.15, 0.2) is 0 Å². The van der Waals surface area contributed by atoms with Crippen LogP contribution in [0.5, 0.6) is 0 Å². The second-order valence-corrected chi connectivity index (χ2v) is 12.2. The Hall–Kier alpha value is -1.80. The van der Waals surface area contributed by atoms with Crippen LogP contribution in [0.4, 0.5) is 0 Å². The smallest absolute Gasteiger partial charge is 0.247 e. The largest absolute Gasteiger partial charge is 0.394 e. The van der Waals surface area contributed by atoms with Crippen LogP contribution in [0.15, 0.2) is 24.3 Å². The number of rotatable bonds is 3. The van der Waals surface area contributed by atoms with Gasteiger partial charge >= 0.3 is 0 Å². The number of likely N-dealkylation sites (tertiary alicyclic amines) is 1. The van der Waals surface area contributed by atoms with E-state index in [9.17, 15) is 19.5 Å². The summed E-state index contributed by atoms with van der Waals surface area (Å²) in [7, 11) is 1.76. The highest BCUT2D eigenvalue weighted by atomic mass is 32.2. The zero-order valence-electron chi connectivity index (χ0n) is 19.8. The van der Waals surface area contributed by atoms with Crippen molar-refractivity contribution in [1.82, 2.24) is 14.7 Å². The highest BCUT2D eigenvalue weighted by Crippen LogP contribution is 2.61. The third-order valence-corrected chi connectivity index (χ3v) is 9.17. The number of carbonyl (C=O) groups is 3. The van der Waals surface area contributed by atoms with Gasteiger partial charge < -0.3 is 19.8 Å². The Labute approximate surface area is 194 Å². The first-order valence-electron chi connectivity index (χ1n) is 11.5. The number of aliphatic hydroxyl groups excluding tert-OH is 1. The quantitative estimate of drug-likeness (QED) is 0.645. The van der Waals surface area contributed by atoms with Crippen molar-refractivity contribution in [1.29, 1.82) is 0 Å². The van der Waals surface area contributed by atoms with Gasteiger partial charge in [-0.25, -0.2) is 0 Å². The van der Waals surface area contributed by atoms with E-state index in [-0.39, 0.29) is 35.5 Å². The molecule has 7 nitrogen and oxygen atoms in total. The van der Waals surface area contributed by atoms with Crippen LogP contribution in [-0.2, 0) is 14.4 Å². The summed E-state index contributed by atoms with van der Waals surface area (Å²) in [6.45, 7) is 10.7. The number of aliphatic hydroxyl groups is 1. The maximum Gasteiger partial charge on any atom is 0.247 e. The molecule has 2 saturated heterocycles. The van der Waals surface area contributed by atoms with Crippen molar-refractivity contribution in [2.45, 2.75) is 62.2 Å². The van der Waals surface area contributed by atoms with Crippen LogP contribution < -0.4 is 0 Å². The number of likely N-dealkylation sites (N-methyl/N-ethyl adjacent to an activating group) is 1. The number of hydrogen-bond acceptors (Lipinski definition) is 5. The lowest BCUT2D eigenvalue weighted by atomic mass is 9.78. The number of nitrogens with zero attached hydrogens (tertiary/aromatic N) is 3. The van der Waals surface area contributed by atoms with Crippen LogP contribution >= 0.6 is 11.8 Å². The number of amides is 3. The maximum atomic E-state index is 14.1. The zero-order chi connectivity index (χ0) is 23.6.